The Morgan fingerprint density at radius 1 is 1.58 bits per heavy atom. The largest absolute Gasteiger partial charge is 0.287 e. The summed E-state index contributed by atoms with van der Waals surface area (Å²) in [5.74, 6) is 5.06. The van der Waals surface area contributed by atoms with Crippen LogP contribution in [-0.4, -0.2) is 19.0 Å². The fraction of sp³-hybridized carbons (Fsp3) is 0.625. The summed E-state index contributed by atoms with van der Waals surface area (Å²) in [6.07, 6.45) is 3.36. The van der Waals surface area contributed by atoms with E-state index in [0.717, 1.165) is 5.57 Å². The second kappa shape index (κ2) is 5.03. The van der Waals surface area contributed by atoms with E-state index in [1.165, 1.54) is 0 Å². The number of rotatable bonds is 4. The molecule has 3 N–H and O–H groups in total. The maximum atomic E-state index is 5.06. The third-order valence-corrected chi connectivity index (χ3v) is 1.39. The van der Waals surface area contributed by atoms with Gasteiger partial charge in [0.25, 0.3) is 0 Å². The summed E-state index contributed by atoms with van der Waals surface area (Å²) in [5.41, 5.74) is 0.438. The second-order valence-electron chi connectivity index (χ2n) is 2.96. The lowest BCUT2D eigenvalue weighted by molar-refractivity contribution is 0.00402. The molecule has 0 spiro atoms. The normalized spacial score (nSPS) is 16.1. The lowest BCUT2D eigenvalue weighted by Gasteiger charge is -2.20. The van der Waals surface area contributed by atoms with Crippen molar-refractivity contribution in [2.45, 2.75) is 26.5 Å². The van der Waals surface area contributed by atoms with Crippen molar-refractivity contribution in [1.82, 2.24) is 5.32 Å². The minimum Gasteiger partial charge on any atom is -0.287 e. The van der Waals surface area contributed by atoms with Gasteiger partial charge in [0, 0.05) is 6.20 Å². The summed E-state index contributed by atoms with van der Waals surface area (Å²) in [6, 6.07) is 0. The van der Waals surface area contributed by atoms with Crippen molar-refractivity contribution in [2.24, 2.45) is 10.9 Å². The lowest BCUT2D eigenvalue weighted by atomic mass is 10.3. The van der Waals surface area contributed by atoms with Crippen LogP contribution in [0.4, 0.5) is 0 Å². The topological polar surface area (TPSA) is 59.6 Å². The number of nitrogens with two attached hydrogens (primary N) is 1. The number of nitrogens with zero attached hydrogens (tertiary/aromatic N) is 1. The van der Waals surface area contributed by atoms with Gasteiger partial charge in [-0.3, -0.25) is 15.1 Å². The molecule has 0 radical (unpaired) electrons. The van der Waals surface area contributed by atoms with Crippen LogP contribution in [0.5, 0.6) is 0 Å². The van der Waals surface area contributed by atoms with Gasteiger partial charge < -0.3 is 0 Å². The van der Waals surface area contributed by atoms with Gasteiger partial charge in [0.1, 0.15) is 0 Å². The molecular weight excluding hydrogens is 154 g/mol. The molecular formula is C8H17N3O. The first kappa shape index (κ1) is 11.3. The molecule has 0 heterocycles. The summed E-state index contributed by atoms with van der Waals surface area (Å²) < 4.78 is 0. The van der Waals surface area contributed by atoms with Gasteiger partial charge in [-0.25, -0.2) is 5.90 Å². The third kappa shape index (κ3) is 4.23. The average Bonchev–Trinajstić information content (AvgIpc) is 2.03. The van der Waals surface area contributed by atoms with E-state index >= 15 is 0 Å². The average molecular weight is 171 g/mol. The predicted octanol–water partition coefficient (Wildman–Crippen LogP) is 0.807. The van der Waals surface area contributed by atoms with Crippen LogP contribution in [0.1, 0.15) is 20.8 Å². The summed E-state index contributed by atoms with van der Waals surface area (Å²) in [5, 5.41) is 2.88. The second-order valence-corrected chi connectivity index (χ2v) is 2.96. The van der Waals surface area contributed by atoms with Gasteiger partial charge in [0.2, 0.25) is 0 Å². The molecule has 0 fully saturated rings. The minimum atomic E-state index is -0.689. The van der Waals surface area contributed by atoms with Gasteiger partial charge in [-0.15, -0.1) is 0 Å². The maximum Gasteiger partial charge on any atom is 0.172 e. The fourth-order valence-corrected chi connectivity index (χ4v) is 0.482. The molecule has 0 aliphatic rings. The van der Waals surface area contributed by atoms with E-state index in [1.54, 1.807) is 26.4 Å². The molecule has 0 aromatic heterocycles. The Labute approximate surface area is 73.5 Å². The van der Waals surface area contributed by atoms with Crippen LogP contribution in [0.25, 0.3) is 0 Å². The highest BCUT2D eigenvalue weighted by atomic mass is 16.6. The van der Waals surface area contributed by atoms with Crippen molar-refractivity contribution in [1.29, 1.82) is 0 Å². The number of allylic oxidation sites excluding steroid dienone is 1. The molecule has 4 nitrogen and oxygen atoms in total. The SMILES string of the molecule is CNC(C)(C=NC=C(C)C)ON. The highest BCUT2D eigenvalue weighted by molar-refractivity contribution is 5.68. The van der Waals surface area contributed by atoms with Crippen molar-refractivity contribution in [3.05, 3.63) is 11.8 Å². The molecule has 70 valence electrons. The quantitative estimate of drug-likeness (QED) is 0.374. The van der Waals surface area contributed by atoms with E-state index in [0.29, 0.717) is 0 Å². The van der Waals surface area contributed by atoms with Gasteiger partial charge >= 0.3 is 0 Å². The summed E-state index contributed by atoms with van der Waals surface area (Å²) in [7, 11) is 1.75. The van der Waals surface area contributed by atoms with Crippen LogP contribution in [0.3, 0.4) is 0 Å². The zero-order valence-electron chi connectivity index (χ0n) is 8.09. The Bertz CT molecular complexity index is 179. The predicted molar refractivity (Wildman–Crippen MR) is 50.7 cm³/mol. The van der Waals surface area contributed by atoms with Crippen LogP contribution in [0, 0.1) is 0 Å². The van der Waals surface area contributed by atoms with Crippen molar-refractivity contribution in [3.8, 4) is 0 Å². The Kier molecular flexibility index (Phi) is 4.73. The molecule has 0 aliphatic carbocycles. The highest BCUT2D eigenvalue weighted by Crippen LogP contribution is 1.98. The van der Waals surface area contributed by atoms with Crippen LogP contribution >= 0.6 is 0 Å². The number of hydrogen-bond donors (Lipinski definition) is 2. The molecule has 0 aromatic carbocycles. The molecule has 0 saturated heterocycles. The Balaban J connectivity index is 4.20. The van der Waals surface area contributed by atoms with E-state index in [1.807, 2.05) is 13.8 Å². The Hall–Kier alpha value is -0.710. The van der Waals surface area contributed by atoms with Crippen molar-refractivity contribution in [3.63, 3.8) is 0 Å². The van der Waals surface area contributed by atoms with Gasteiger partial charge in [0.05, 0.1) is 6.21 Å². The first-order valence-corrected chi connectivity index (χ1v) is 3.78. The van der Waals surface area contributed by atoms with E-state index < -0.39 is 5.72 Å². The van der Waals surface area contributed by atoms with Crippen LogP contribution in [-0.2, 0) is 4.84 Å². The minimum absolute atomic E-state index is 0.689. The van der Waals surface area contributed by atoms with Gasteiger partial charge in [-0.05, 0) is 27.8 Å². The monoisotopic (exact) mass is 171 g/mol. The van der Waals surface area contributed by atoms with Crippen molar-refractivity contribution in [2.75, 3.05) is 7.05 Å². The van der Waals surface area contributed by atoms with Crippen LogP contribution < -0.4 is 11.2 Å². The first-order valence-electron chi connectivity index (χ1n) is 3.78. The van der Waals surface area contributed by atoms with Gasteiger partial charge in [0.15, 0.2) is 5.72 Å². The van der Waals surface area contributed by atoms with E-state index in [9.17, 15) is 0 Å². The molecule has 0 aliphatic heterocycles. The fourth-order valence-electron chi connectivity index (χ4n) is 0.482. The number of aliphatic imine (C=N–C) groups is 1. The van der Waals surface area contributed by atoms with E-state index in [-0.39, 0.29) is 0 Å². The summed E-state index contributed by atoms with van der Waals surface area (Å²) in [4.78, 5) is 8.71. The van der Waals surface area contributed by atoms with Crippen molar-refractivity contribution < 1.29 is 4.84 Å². The maximum absolute atomic E-state index is 5.06. The molecule has 0 aromatic rings. The third-order valence-electron chi connectivity index (χ3n) is 1.39. The summed E-state index contributed by atoms with van der Waals surface area (Å²) >= 11 is 0. The smallest absolute Gasteiger partial charge is 0.172 e. The number of nitrogens with one attached hydrogen (secondary N) is 1. The molecule has 1 unspecified atom stereocenters. The van der Waals surface area contributed by atoms with Crippen molar-refractivity contribution >= 4 is 6.21 Å². The van der Waals surface area contributed by atoms with E-state index in [4.69, 9.17) is 5.90 Å². The molecule has 0 bridgehead atoms. The Morgan fingerprint density at radius 3 is 2.50 bits per heavy atom. The van der Waals surface area contributed by atoms with E-state index in [2.05, 4.69) is 15.1 Å². The first-order chi connectivity index (χ1) is 5.54. The highest BCUT2D eigenvalue weighted by Gasteiger charge is 2.17. The molecule has 12 heavy (non-hydrogen) atoms. The van der Waals surface area contributed by atoms with Crippen LogP contribution in [0.2, 0.25) is 0 Å². The lowest BCUT2D eigenvalue weighted by Crippen LogP contribution is -2.46. The molecule has 0 amide bonds. The van der Waals surface area contributed by atoms with Crippen LogP contribution in [0.15, 0.2) is 16.8 Å². The molecule has 1 atom stereocenters. The Morgan fingerprint density at radius 2 is 2.17 bits per heavy atom. The zero-order valence-corrected chi connectivity index (χ0v) is 8.09. The molecule has 0 rings (SSSR count). The summed E-state index contributed by atoms with van der Waals surface area (Å²) in [6.45, 7) is 5.73. The van der Waals surface area contributed by atoms with Gasteiger partial charge in [-0.2, -0.15) is 0 Å². The molecule has 4 heteroatoms. The number of hydrogen-bond acceptors (Lipinski definition) is 4. The molecule has 0 saturated carbocycles. The zero-order chi connectivity index (χ0) is 9.61. The van der Waals surface area contributed by atoms with Gasteiger partial charge in [-0.1, -0.05) is 5.57 Å². The standard InChI is InChI=1S/C8H17N3O/c1-7(2)5-11-6-8(3,10-4)12-9/h5-6,10H,9H2,1-4H3.